The normalized spacial score (nSPS) is 11.9. The molecule has 0 spiro atoms. The minimum Gasteiger partial charge on any atom is -0.379 e. The van der Waals surface area contributed by atoms with Gasteiger partial charge in [0.05, 0.1) is 33.0 Å². The summed E-state index contributed by atoms with van der Waals surface area (Å²) in [5.41, 5.74) is 0. The summed E-state index contributed by atoms with van der Waals surface area (Å²) in [5, 5.41) is 5.46. The molecule has 0 aliphatic heterocycles. The van der Waals surface area contributed by atoms with Crippen LogP contribution in [0.4, 0.5) is 0 Å². The van der Waals surface area contributed by atoms with E-state index >= 15 is 0 Å². The fourth-order valence-corrected chi connectivity index (χ4v) is 2.95. The van der Waals surface area contributed by atoms with E-state index in [1.807, 2.05) is 20.8 Å². The van der Waals surface area contributed by atoms with Crippen molar-refractivity contribution in [3.05, 3.63) is 0 Å². The average molecular weight is 503 g/mol. The molecule has 0 unspecified atom stereocenters. The SMILES string of the molecule is CCCOCCOCC(=O)NCCOCCOCC(=O)NCCCC[C@H](CC(=O)C(C)C)C(C)=O. The van der Waals surface area contributed by atoms with E-state index in [9.17, 15) is 19.2 Å². The third-order valence-corrected chi connectivity index (χ3v) is 5.10. The van der Waals surface area contributed by atoms with Crippen LogP contribution in [0.15, 0.2) is 0 Å². The van der Waals surface area contributed by atoms with Crippen molar-refractivity contribution >= 4 is 23.4 Å². The Bertz CT molecular complexity index is 598. The Balaban J connectivity index is 3.57. The Morgan fingerprint density at radius 3 is 1.80 bits per heavy atom. The van der Waals surface area contributed by atoms with E-state index in [2.05, 4.69) is 10.6 Å². The quantitative estimate of drug-likeness (QED) is 0.191. The first kappa shape index (κ1) is 33.1. The maximum Gasteiger partial charge on any atom is 0.246 e. The van der Waals surface area contributed by atoms with Crippen LogP contribution in [-0.4, -0.2) is 89.3 Å². The lowest BCUT2D eigenvalue weighted by Gasteiger charge is -2.14. The fraction of sp³-hybridized carbons (Fsp3) is 0.840. The van der Waals surface area contributed by atoms with Crippen LogP contribution in [0, 0.1) is 11.8 Å². The molecule has 0 aromatic rings. The molecule has 10 heteroatoms. The molecule has 2 N–H and O–H groups in total. The predicted octanol–water partition coefficient (Wildman–Crippen LogP) is 1.69. The Labute approximate surface area is 210 Å². The van der Waals surface area contributed by atoms with Gasteiger partial charge in [0.25, 0.3) is 0 Å². The number of ether oxygens (including phenoxy) is 4. The smallest absolute Gasteiger partial charge is 0.246 e. The topological polar surface area (TPSA) is 129 Å². The van der Waals surface area contributed by atoms with Crippen molar-refractivity contribution in [2.45, 2.75) is 59.8 Å². The van der Waals surface area contributed by atoms with E-state index in [4.69, 9.17) is 18.9 Å². The van der Waals surface area contributed by atoms with Crippen molar-refractivity contribution in [1.82, 2.24) is 10.6 Å². The van der Waals surface area contributed by atoms with Crippen LogP contribution in [0.2, 0.25) is 0 Å². The molecule has 1 atom stereocenters. The largest absolute Gasteiger partial charge is 0.379 e. The molecule has 10 nitrogen and oxygen atoms in total. The number of unbranched alkanes of at least 4 members (excludes halogenated alkanes) is 1. The highest BCUT2D eigenvalue weighted by Crippen LogP contribution is 2.16. The summed E-state index contributed by atoms with van der Waals surface area (Å²) in [4.78, 5) is 47.0. The van der Waals surface area contributed by atoms with Crippen molar-refractivity contribution in [3.8, 4) is 0 Å². The molecule has 0 fully saturated rings. The van der Waals surface area contributed by atoms with Crippen LogP contribution in [0.5, 0.6) is 0 Å². The van der Waals surface area contributed by atoms with Gasteiger partial charge in [0.15, 0.2) is 0 Å². The zero-order valence-electron chi connectivity index (χ0n) is 22.0. The number of hydrogen-bond acceptors (Lipinski definition) is 8. The number of amides is 2. The van der Waals surface area contributed by atoms with E-state index in [1.165, 1.54) is 6.92 Å². The highest BCUT2D eigenvalue weighted by Gasteiger charge is 2.19. The molecule has 204 valence electrons. The zero-order chi connectivity index (χ0) is 26.3. The lowest BCUT2D eigenvalue weighted by Crippen LogP contribution is -2.31. The Hall–Kier alpha value is -1.88. The summed E-state index contributed by atoms with van der Waals surface area (Å²) in [7, 11) is 0. The van der Waals surface area contributed by atoms with Gasteiger partial charge in [-0.3, -0.25) is 19.2 Å². The highest BCUT2D eigenvalue weighted by atomic mass is 16.5. The van der Waals surface area contributed by atoms with Gasteiger partial charge in [-0.25, -0.2) is 0 Å². The second-order valence-corrected chi connectivity index (χ2v) is 8.66. The maximum atomic E-state index is 11.9. The van der Waals surface area contributed by atoms with Crippen LogP contribution >= 0.6 is 0 Å². The lowest BCUT2D eigenvalue weighted by atomic mass is 9.89. The van der Waals surface area contributed by atoms with Gasteiger partial charge in [-0.1, -0.05) is 27.2 Å². The molecule has 0 radical (unpaired) electrons. The van der Waals surface area contributed by atoms with Gasteiger partial charge in [0.2, 0.25) is 11.8 Å². The van der Waals surface area contributed by atoms with Gasteiger partial charge in [-0.05, 0) is 26.2 Å². The number of carbonyl (C=O) groups is 4. The van der Waals surface area contributed by atoms with E-state index in [0.717, 1.165) is 19.3 Å². The molecule has 0 heterocycles. The summed E-state index contributed by atoms with van der Waals surface area (Å²) < 4.78 is 21.1. The number of hydrogen-bond donors (Lipinski definition) is 2. The van der Waals surface area contributed by atoms with Crippen LogP contribution in [0.1, 0.15) is 59.8 Å². The Kier molecular flexibility index (Phi) is 21.4. The predicted molar refractivity (Wildman–Crippen MR) is 132 cm³/mol. The van der Waals surface area contributed by atoms with E-state index in [0.29, 0.717) is 59.0 Å². The van der Waals surface area contributed by atoms with Crippen LogP contribution in [-0.2, 0) is 38.1 Å². The van der Waals surface area contributed by atoms with Crippen LogP contribution in [0.25, 0.3) is 0 Å². The maximum absolute atomic E-state index is 11.9. The second-order valence-electron chi connectivity index (χ2n) is 8.66. The minimum absolute atomic E-state index is 0.0111. The monoisotopic (exact) mass is 502 g/mol. The fourth-order valence-electron chi connectivity index (χ4n) is 2.95. The first-order valence-electron chi connectivity index (χ1n) is 12.6. The molecule has 0 aromatic heterocycles. The number of ketones is 2. The Morgan fingerprint density at radius 2 is 1.26 bits per heavy atom. The summed E-state index contributed by atoms with van der Waals surface area (Å²) >= 11 is 0. The van der Waals surface area contributed by atoms with Gasteiger partial charge < -0.3 is 29.6 Å². The number of nitrogens with one attached hydrogen (secondary N) is 2. The van der Waals surface area contributed by atoms with Gasteiger partial charge in [-0.15, -0.1) is 0 Å². The third kappa shape index (κ3) is 21.1. The molecule has 0 aromatic carbocycles. The van der Waals surface area contributed by atoms with Crippen molar-refractivity contribution in [2.75, 3.05) is 65.9 Å². The summed E-state index contributed by atoms with van der Waals surface area (Å²) in [5.74, 6) is -0.569. The van der Waals surface area contributed by atoms with Crippen molar-refractivity contribution in [1.29, 1.82) is 0 Å². The van der Waals surface area contributed by atoms with Gasteiger partial charge in [-0.2, -0.15) is 0 Å². The zero-order valence-corrected chi connectivity index (χ0v) is 22.0. The molecule has 35 heavy (non-hydrogen) atoms. The van der Waals surface area contributed by atoms with Crippen molar-refractivity contribution in [2.24, 2.45) is 11.8 Å². The summed E-state index contributed by atoms with van der Waals surface area (Å²) in [6.07, 6.45) is 3.40. The molecule has 2 amide bonds. The average Bonchev–Trinajstić information content (AvgIpc) is 2.81. The summed E-state index contributed by atoms with van der Waals surface area (Å²) in [6.45, 7) is 10.5. The standard InChI is InChI=1S/C25H46N2O8/c1-5-11-32-13-15-34-19-25(31)27-10-12-33-14-16-35-18-24(30)26-9-7-6-8-22(21(4)28)17-23(29)20(2)3/h20,22H,5-19H2,1-4H3,(H,26,30)(H,27,31)/t22-/m1/s1. The van der Waals surface area contributed by atoms with Gasteiger partial charge in [0.1, 0.15) is 24.8 Å². The van der Waals surface area contributed by atoms with Crippen LogP contribution in [0.3, 0.4) is 0 Å². The van der Waals surface area contributed by atoms with Crippen LogP contribution < -0.4 is 10.6 Å². The summed E-state index contributed by atoms with van der Waals surface area (Å²) in [6, 6.07) is 0. The lowest BCUT2D eigenvalue weighted by molar-refractivity contribution is -0.128. The Morgan fingerprint density at radius 1 is 0.714 bits per heavy atom. The number of Topliss-reactive ketones (excluding diaryl/α,β-unsaturated/α-hetero) is 2. The van der Waals surface area contributed by atoms with E-state index < -0.39 is 0 Å². The number of rotatable bonds is 24. The molecule has 0 rings (SSSR count). The van der Waals surface area contributed by atoms with Gasteiger partial charge in [0, 0.05) is 38.0 Å². The first-order valence-corrected chi connectivity index (χ1v) is 12.6. The molecular formula is C25H46N2O8. The number of carbonyl (C=O) groups excluding carboxylic acids is 4. The molecule has 0 bridgehead atoms. The first-order chi connectivity index (χ1) is 16.8. The molecule has 0 aliphatic rings. The minimum atomic E-state index is -0.235. The van der Waals surface area contributed by atoms with Crippen molar-refractivity contribution in [3.63, 3.8) is 0 Å². The van der Waals surface area contributed by atoms with Crippen molar-refractivity contribution < 1.29 is 38.1 Å². The van der Waals surface area contributed by atoms with E-state index in [-0.39, 0.29) is 55.0 Å². The van der Waals surface area contributed by atoms with E-state index in [1.54, 1.807) is 0 Å². The highest BCUT2D eigenvalue weighted by molar-refractivity contribution is 5.87. The molecule has 0 saturated carbocycles. The molecular weight excluding hydrogens is 456 g/mol. The van der Waals surface area contributed by atoms with Gasteiger partial charge >= 0.3 is 0 Å². The molecule has 0 saturated heterocycles. The molecule has 0 aliphatic carbocycles. The third-order valence-electron chi connectivity index (χ3n) is 5.10. The second kappa shape index (κ2) is 22.6.